The van der Waals surface area contributed by atoms with Crippen LogP contribution in [0.4, 0.5) is 35.2 Å². The van der Waals surface area contributed by atoms with E-state index in [4.69, 9.17) is 5.73 Å². The van der Waals surface area contributed by atoms with Gasteiger partial charge in [0, 0.05) is 49.7 Å². The number of urea groups is 1. The van der Waals surface area contributed by atoms with Crippen molar-refractivity contribution in [1.29, 1.82) is 5.26 Å². The molecule has 0 unspecified atom stereocenters. The summed E-state index contributed by atoms with van der Waals surface area (Å²) in [5.41, 5.74) is 10.2. The third kappa shape index (κ3) is 5.93. The van der Waals surface area contributed by atoms with E-state index in [-0.39, 0.29) is 17.9 Å². The summed E-state index contributed by atoms with van der Waals surface area (Å²) in [5, 5.41) is 22.6. The molecule has 1 fully saturated rings. The first-order valence-electron chi connectivity index (χ1n) is 12.9. The lowest BCUT2D eigenvalue weighted by Gasteiger charge is -2.27. The van der Waals surface area contributed by atoms with E-state index in [9.17, 15) is 23.2 Å². The van der Waals surface area contributed by atoms with Crippen molar-refractivity contribution in [3.05, 3.63) is 71.2 Å². The van der Waals surface area contributed by atoms with Crippen molar-refractivity contribution in [2.24, 2.45) is 0 Å². The van der Waals surface area contributed by atoms with Gasteiger partial charge >= 0.3 is 12.2 Å². The Labute approximate surface area is 234 Å². The first-order chi connectivity index (χ1) is 19.7. The van der Waals surface area contributed by atoms with Gasteiger partial charge in [0.1, 0.15) is 11.8 Å². The number of aromatic nitrogens is 3. The van der Waals surface area contributed by atoms with Crippen LogP contribution in [0, 0.1) is 18.3 Å². The number of nitrogens with one attached hydrogen (secondary N) is 3. The second kappa shape index (κ2) is 11.4. The molecule has 2 amide bonds. The molecule has 41 heavy (non-hydrogen) atoms. The maximum atomic E-state index is 13.1. The van der Waals surface area contributed by atoms with Crippen LogP contribution < -0.4 is 21.7 Å². The van der Waals surface area contributed by atoms with Crippen molar-refractivity contribution in [3.8, 4) is 17.2 Å². The molecule has 4 aromatic rings. The largest absolute Gasteiger partial charge is 0.416 e. The van der Waals surface area contributed by atoms with Gasteiger partial charge in [-0.2, -0.15) is 23.5 Å². The van der Waals surface area contributed by atoms with E-state index in [0.717, 1.165) is 60.7 Å². The van der Waals surface area contributed by atoms with E-state index in [1.165, 1.54) is 12.4 Å². The summed E-state index contributed by atoms with van der Waals surface area (Å²) in [7, 11) is 0. The fraction of sp³-hybridized carbons (Fsp3) is 0.286. The van der Waals surface area contributed by atoms with Crippen LogP contribution >= 0.6 is 0 Å². The zero-order valence-corrected chi connectivity index (χ0v) is 22.2. The molecule has 0 spiro atoms. The molecule has 5 rings (SSSR count). The number of carbonyl (C=O) groups is 1. The standard InChI is InChI=1S/C28H28F3N9O/c1-17-2-5-19(28(29,30)31)14-22(17)38-27(41)37-20-6-3-18(4-7-20)24-21(8-9-32)23(15-39-12-10-34-11-13-39)40-25(24)26(33)35-16-36-40/h2-7,14,16,34H,8,10-13,15H2,1H3,(H2,33,35,36)(H2,37,38,41). The maximum absolute atomic E-state index is 13.1. The number of nitrogen functional groups attached to an aromatic ring is 1. The summed E-state index contributed by atoms with van der Waals surface area (Å²) in [4.78, 5) is 19.1. The molecule has 0 radical (unpaired) electrons. The van der Waals surface area contributed by atoms with Crippen LogP contribution in [0.25, 0.3) is 16.6 Å². The Bertz CT molecular complexity index is 1620. The molecule has 2 aromatic carbocycles. The van der Waals surface area contributed by atoms with Crippen molar-refractivity contribution >= 4 is 28.7 Å². The molecule has 1 aliphatic heterocycles. The molecule has 0 bridgehead atoms. The summed E-state index contributed by atoms with van der Waals surface area (Å²) in [6.45, 7) is 5.66. The monoisotopic (exact) mass is 563 g/mol. The minimum atomic E-state index is -4.52. The molecule has 2 aromatic heterocycles. The number of nitrogens with two attached hydrogens (primary N) is 1. The van der Waals surface area contributed by atoms with E-state index in [2.05, 4.69) is 37.0 Å². The first kappa shape index (κ1) is 27.9. The maximum Gasteiger partial charge on any atom is 0.416 e. The topological polar surface area (TPSA) is 136 Å². The van der Waals surface area contributed by atoms with E-state index in [0.29, 0.717) is 23.3 Å². The van der Waals surface area contributed by atoms with Crippen LogP contribution in [0.15, 0.2) is 48.8 Å². The molecular weight excluding hydrogens is 535 g/mol. The van der Waals surface area contributed by atoms with Gasteiger partial charge in [0.25, 0.3) is 0 Å². The van der Waals surface area contributed by atoms with Gasteiger partial charge in [0.2, 0.25) is 0 Å². The lowest BCUT2D eigenvalue weighted by atomic mass is 9.98. The molecule has 13 heteroatoms. The predicted octanol–water partition coefficient (Wildman–Crippen LogP) is 4.42. The average Bonchev–Trinajstić information content (AvgIpc) is 3.24. The fourth-order valence-electron chi connectivity index (χ4n) is 4.98. The highest BCUT2D eigenvalue weighted by molar-refractivity contribution is 6.00. The summed E-state index contributed by atoms with van der Waals surface area (Å²) < 4.78 is 41.1. The predicted molar refractivity (Wildman–Crippen MR) is 149 cm³/mol. The van der Waals surface area contributed by atoms with Gasteiger partial charge in [0.05, 0.1) is 23.7 Å². The Morgan fingerprint density at radius 1 is 1.15 bits per heavy atom. The van der Waals surface area contributed by atoms with Crippen molar-refractivity contribution in [2.45, 2.75) is 26.1 Å². The van der Waals surface area contributed by atoms with Gasteiger partial charge in [-0.25, -0.2) is 14.3 Å². The molecule has 0 saturated carbocycles. The molecule has 1 aliphatic rings. The number of halogens is 3. The smallest absolute Gasteiger partial charge is 0.382 e. The Hall–Kier alpha value is -4.67. The molecule has 212 valence electrons. The number of hydrogen-bond donors (Lipinski definition) is 4. The SMILES string of the molecule is Cc1ccc(C(F)(F)F)cc1NC(=O)Nc1ccc(-c2c(CC#N)c(CN3CCNCC3)n3ncnc(N)c23)cc1. The number of aryl methyl sites for hydroxylation is 1. The third-order valence-electron chi connectivity index (χ3n) is 7.04. The summed E-state index contributed by atoms with van der Waals surface area (Å²) in [6, 6.07) is 11.7. The number of amides is 2. The molecule has 0 atom stereocenters. The van der Waals surface area contributed by atoms with Crippen LogP contribution in [0.3, 0.4) is 0 Å². The third-order valence-corrected chi connectivity index (χ3v) is 7.04. The molecule has 10 nitrogen and oxygen atoms in total. The number of carbonyl (C=O) groups excluding carboxylic acids is 1. The highest BCUT2D eigenvalue weighted by Crippen LogP contribution is 2.37. The lowest BCUT2D eigenvalue weighted by molar-refractivity contribution is -0.137. The number of rotatable bonds is 6. The Kier molecular flexibility index (Phi) is 7.78. The van der Waals surface area contributed by atoms with Crippen LogP contribution in [0.2, 0.25) is 0 Å². The number of alkyl halides is 3. The van der Waals surface area contributed by atoms with Crippen molar-refractivity contribution < 1.29 is 18.0 Å². The molecular formula is C28H28F3N9O. The number of nitriles is 1. The zero-order chi connectivity index (χ0) is 29.1. The van der Waals surface area contributed by atoms with Gasteiger partial charge in [-0.3, -0.25) is 4.90 Å². The first-order valence-corrected chi connectivity index (χ1v) is 12.9. The number of anilines is 3. The van der Waals surface area contributed by atoms with E-state index in [1.807, 2.05) is 0 Å². The van der Waals surface area contributed by atoms with Crippen molar-refractivity contribution in [3.63, 3.8) is 0 Å². The minimum absolute atomic E-state index is 0.0582. The van der Waals surface area contributed by atoms with E-state index < -0.39 is 17.8 Å². The Morgan fingerprint density at radius 2 is 1.88 bits per heavy atom. The summed E-state index contributed by atoms with van der Waals surface area (Å²) >= 11 is 0. The van der Waals surface area contributed by atoms with Gasteiger partial charge in [-0.05, 0) is 47.9 Å². The van der Waals surface area contributed by atoms with Gasteiger partial charge in [-0.15, -0.1) is 0 Å². The van der Waals surface area contributed by atoms with Crippen LogP contribution in [-0.4, -0.2) is 51.7 Å². The van der Waals surface area contributed by atoms with Crippen molar-refractivity contribution in [1.82, 2.24) is 24.8 Å². The minimum Gasteiger partial charge on any atom is -0.382 e. The van der Waals surface area contributed by atoms with Gasteiger partial charge < -0.3 is 21.7 Å². The van der Waals surface area contributed by atoms with Crippen LogP contribution in [0.5, 0.6) is 0 Å². The lowest BCUT2D eigenvalue weighted by Crippen LogP contribution is -2.43. The second-order valence-corrected chi connectivity index (χ2v) is 9.75. The summed E-state index contributed by atoms with van der Waals surface area (Å²) in [5.74, 6) is 0.277. The van der Waals surface area contributed by atoms with Gasteiger partial charge in [-0.1, -0.05) is 18.2 Å². The van der Waals surface area contributed by atoms with E-state index in [1.54, 1.807) is 35.7 Å². The normalized spacial score (nSPS) is 14.1. The van der Waals surface area contributed by atoms with E-state index >= 15 is 0 Å². The number of piperazine rings is 1. The molecule has 5 N–H and O–H groups in total. The highest BCUT2D eigenvalue weighted by atomic mass is 19.4. The van der Waals surface area contributed by atoms with Crippen LogP contribution in [0.1, 0.15) is 22.4 Å². The highest BCUT2D eigenvalue weighted by Gasteiger charge is 2.31. The summed E-state index contributed by atoms with van der Waals surface area (Å²) in [6.07, 6.45) is -3.00. The number of benzene rings is 2. The zero-order valence-electron chi connectivity index (χ0n) is 22.2. The fourth-order valence-corrected chi connectivity index (χ4v) is 4.98. The number of nitrogens with zero attached hydrogens (tertiary/aromatic N) is 5. The quantitative estimate of drug-likeness (QED) is 0.273. The van der Waals surface area contributed by atoms with Crippen LogP contribution in [-0.2, 0) is 19.1 Å². The molecule has 1 saturated heterocycles. The van der Waals surface area contributed by atoms with Crippen molar-refractivity contribution in [2.75, 3.05) is 42.5 Å². The van der Waals surface area contributed by atoms with Gasteiger partial charge in [0.15, 0.2) is 5.82 Å². The second-order valence-electron chi connectivity index (χ2n) is 9.75. The number of hydrogen-bond acceptors (Lipinski definition) is 7. The Balaban J connectivity index is 1.43. The molecule has 3 heterocycles. The molecule has 0 aliphatic carbocycles. The average molecular weight is 564 g/mol. The number of fused-ring (bicyclic) bond motifs is 1. The Morgan fingerprint density at radius 3 is 2.56 bits per heavy atom.